The van der Waals surface area contributed by atoms with Crippen LogP contribution < -0.4 is 0 Å². The number of ketones is 1. The fraction of sp³-hybridized carbons (Fsp3) is 0.273. The Morgan fingerprint density at radius 1 is 1.16 bits per heavy atom. The van der Waals surface area contributed by atoms with Gasteiger partial charge in [0.2, 0.25) is 0 Å². The number of rotatable bonds is 4. The van der Waals surface area contributed by atoms with Crippen LogP contribution in [-0.4, -0.2) is 15.8 Å². The zero-order chi connectivity index (χ0) is 17.2. The summed E-state index contributed by atoms with van der Waals surface area (Å²) in [5.74, 6) is 1.69. The molecule has 0 aliphatic heterocycles. The molecule has 0 saturated heterocycles. The van der Waals surface area contributed by atoms with E-state index in [0.29, 0.717) is 5.92 Å². The molecule has 1 fully saturated rings. The van der Waals surface area contributed by atoms with Crippen LogP contribution in [0.5, 0.6) is 0 Å². The highest BCUT2D eigenvalue weighted by Gasteiger charge is 2.12. The summed E-state index contributed by atoms with van der Waals surface area (Å²) >= 11 is 0. The number of carbonyl (C=O) groups excluding carboxylic acids is 1. The van der Waals surface area contributed by atoms with Crippen LogP contribution in [0.4, 0.5) is 0 Å². The third-order valence-corrected chi connectivity index (χ3v) is 5.04. The molecule has 3 nitrogen and oxygen atoms in total. The summed E-state index contributed by atoms with van der Waals surface area (Å²) < 4.78 is 0. The minimum atomic E-state index is 0.0838. The van der Waals surface area contributed by atoms with Crippen molar-refractivity contribution in [2.75, 3.05) is 0 Å². The molecule has 3 aromatic rings. The van der Waals surface area contributed by atoms with Crippen LogP contribution in [0, 0.1) is 5.92 Å². The molecule has 0 bridgehead atoms. The van der Waals surface area contributed by atoms with Gasteiger partial charge in [0.15, 0.2) is 5.78 Å². The molecule has 1 saturated carbocycles. The normalized spacial score (nSPS) is 15.4. The van der Waals surface area contributed by atoms with Crippen LogP contribution in [0.3, 0.4) is 0 Å². The average molecular weight is 330 g/mol. The molecule has 0 atom stereocenters. The molecule has 3 heteroatoms. The predicted molar refractivity (Wildman–Crippen MR) is 103 cm³/mol. The lowest BCUT2D eigenvalue weighted by Gasteiger charge is -2.06. The van der Waals surface area contributed by atoms with Crippen molar-refractivity contribution in [3.8, 4) is 11.1 Å². The monoisotopic (exact) mass is 330 g/mol. The number of aromatic nitrogens is 2. The van der Waals surface area contributed by atoms with Crippen LogP contribution in [0.1, 0.15) is 48.8 Å². The van der Waals surface area contributed by atoms with Gasteiger partial charge in [-0.3, -0.25) is 4.79 Å². The van der Waals surface area contributed by atoms with Gasteiger partial charge in [-0.25, -0.2) is 4.98 Å². The molecular formula is C22H22N2O. The third kappa shape index (κ3) is 3.27. The van der Waals surface area contributed by atoms with E-state index in [9.17, 15) is 4.79 Å². The van der Waals surface area contributed by atoms with Crippen molar-refractivity contribution in [2.24, 2.45) is 5.92 Å². The fourth-order valence-electron chi connectivity index (χ4n) is 3.69. The number of fused-ring (bicyclic) bond motifs is 1. The minimum absolute atomic E-state index is 0.0838. The molecule has 1 aliphatic rings. The highest BCUT2D eigenvalue weighted by Crippen LogP contribution is 2.28. The van der Waals surface area contributed by atoms with Gasteiger partial charge in [0, 0.05) is 5.56 Å². The molecule has 126 valence electrons. The van der Waals surface area contributed by atoms with Gasteiger partial charge in [-0.15, -0.1) is 0 Å². The molecule has 0 radical (unpaired) electrons. The summed E-state index contributed by atoms with van der Waals surface area (Å²) in [5, 5.41) is 0. The lowest BCUT2D eigenvalue weighted by atomic mass is 9.97. The lowest BCUT2D eigenvalue weighted by Crippen LogP contribution is -1.95. The molecule has 0 spiro atoms. The maximum absolute atomic E-state index is 11.9. The van der Waals surface area contributed by atoms with Crippen LogP contribution in [0.15, 0.2) is 48.5 Å². The van der Waals surface area contributed by atoms with Gasteiger partial charge in [0.25, 0.3) is 0 Å². The van der Waals surface area contributed by atoms with E-state index in [1.807, 2.05) is 36.4 Å². The van der Waals surface area contributed by atoms with Crippen LogP contribution in [-0.2, 0) is 0 Å². The number of aromatic amines is 1. The lowest BCUT2D eigenvalue weighted by molar-refractivity contribution is 0.101. The largest absolute Gasteiger partial charge is 0.338 e. The molecule has 1 aliphatic carbocycles. The third-order valence-electron chi connectivity index (χ3n) is 5.04. The second-order valence-corrected chi connectivity index (χ2v) is 6.86. The minimum Gasteiger partial charge on any atom is -0.338 e. The molecule has 25 heavy (non-hydrogen) atoms. The van der Waals surface area contributed by atoms with Gasteiger partial charge in [0.05, 0.1) is 11.0 Å². The first-order valence-corrected chi connectivity index (χ1v) is 8.99. The highest BCUT2D eigenvalue weighted by molar-refractivity contribution is 6.01. The smallest absolute Gasteiger partial charge is 0.160 e. The first-order valence-electron chi connectivity index (χ1n) is 8.99. The molecule has 0 amide bonds. The Morgan fingerprint density at radius 3 is 2.76 bits per heavy atom. The van der Waals surface area contributed by atoms with E-state index in [2.05, 4.69) is 28.2 Å². The number of H-pyrrole nitrogens is 1. The number of allylic oxidation sites excluding steroid dienone is 1. The number of hydrogen-bond acceptors (Lipinski definition) is 2. The SMILES string of the molecule is CC(=O)c1ccccc1-c1ccc2nc(C=CC3CCCC3)[nH]c2c1. The van der Waals surface area contributed by atoms with Gasteiger partial charge in [-0.1, -0.05) is 49.2 Å². The summed E-state index contributed by atoms with van der Waals surface area (Å²) in [6, 6.07) is 13.9. The van der Waals surface area contributed by atoms with Crippen molar-refractivity contribution in [1.82, 2.24) is 9.97 Å². The molecule has 1 heterocycles. The van der Waals surface area contributed by atoms with E-state index in [4.69, 9.17) is 0 Å². The van der Waals surface area contributed by atoms with Gasteiger partial charge >= 0.3 is 0 Å². The van der Waals surface area contributed by atoms with Crippen molar-refractivity contribution < 1.29 is 4.79 Å². The Kier molecular flexibility index (Phi) is 4.22. The molecule has 0 unspecified atom stereocenters. The number of Topliss-reactive ketones (excluding diaryl/α,β-unsaturated/α-hetero) is 1. The van der Waals surface area contributed by atoms with E-state index in [0.717, 1.165) is 33.5 Å². The first-order chi connectivity index (χ1) is 12.2. The maximum Gasteiger partial charge on any atom is 0.160 e. The van der Waals surface area contributed by atoms with Crippen molar-refractivity contribution in [1.29, 1.82) is 0 Å². The standard InChI is InChI=1S/C22H22N2O/c1-15(25)18-8-4-5-9-19(18)17-11-12-20-21(14-17)24-22(23-20)13-10-16-6-2-3-7-16/h4-5,8-14,16H,2-3,6-7H2,1H3,(H,23,24). The van der Waals surface area contributed by atoms with E-state index in [1.54, 1.807) is 6.92 Å². The Bertz CT molecular complexity index is 946. The zero-order valence-corrected chi connectivity index (χ0v) is 14.5. The molecule has 2 aromatic carbocycles. The summed E-state index contributed by atoms with van der Waals surface area (Å²) in [6.07, 6.45) is 9.67. The van der Waals surface area contributed by atoms with Gasteiger partial charge in [-0.2, -0.15) is 0 Å². The van der Waals surface area contributed by atoms with E-state index in [-0.39, 0.29) is 5.78 Å². The highest BCUT2D eigenvalue weighted by atomic mass is 16.1. The number of nitrogens with one attached hydrogen (secondary N) is 1. The predicted octanol–water partition coefficient (Wildman–Crippen LogP) is 5.64. The van der Waals surface area contributed by atoms with Crippen molar-refractivity contribution in [3.63, 3.8) is 0 Å². The average Bonchev–Trinajstić information content (AvgIpc) is 3.28. The van der Waals surface area contributed by atoms with E-state index >= 15 is 0 Å². The van der Waals surface area contributed by atoms with Gasteiger partial charge in [0.1, 0.15) is 5.82 Å². The Balaban J connectivity index is 1.68. The Hall–Kier alpha value is -2.68. The summed E-state index contributed by atoms with van der Waals surface area (Å²) in [7, 11) is 0. The summed E-state index contributed by atoms with van der Waals surface area (Å²) in [6.45, 7) is 1.61. The van der Waals surface area contributed by atoms with Crippen molar-refractivity contribution in [2.45, 2.75) is 32.6 Å². The number of carbonyl (C=O) groups is 1. The second-order valence-electron chi connectivity index (χ2n) is 6.86. The van der Waals surface area contributed by atoms with Crippen LogP contribution in [0.25, 0.3) is 28.2 Å². The van der Waals surface area contributed by atoms with Gasteiger partial charge in [-0.05, 0) is 55.0 Å². The summed E-state index contributed by atoms with van der Waals surface area (Å²) in [4.78, 5) is 19.9. The maximum atomic E-state index is 11.9. The molecule has 4 rings (SSSR count). The van der Waals surface area contributed by atoms with E-state index < -0.39 is 0 Å². The Labute approximate surface area is 147 Å². The summed E-state index contributed by atoms with van der Waals surface area (Å²) in [5.41, 5.74) is 4.71. The topological polar surface area (TPSA) is 45.8 Å². The van der Waals surface area contributed by atoms with Crippen LogP contribution >= 0.6 is 0 Å². The van der Waals surface area contributed by atoms with Gasteiger partial charge < -0.3 is 4.98 Å². The number of nitrogens with zero attached hydrogens (tertiary/aromatic N) is 1. The molecule has 1 N–H and O–H groups in total. The molecular weight excluding hydrogens is 308 g/mol. The number of benzene rings is 2. The van der Waals surface area contributed by atoms with Crippen LogP contribution in [0.2, 0.25) is 0 Å². The van der Waals surface area contributed by atoms with Crippen molar-refractivity contribution >= 4 is 22.9 Å². The second kappa shape index (κ2) is 6.67. The number of hydrogen-bond donors (Lipinski definition) is 1. The quantitative estimate of drug-likeness (QED) is 0.630. The Morgan fingerprint density at radius 2 is 1.96 bits per heavy atom. The van der Waals surface area contributed by atoms with E-state index in [1.165, 1.54) is 25.7 Å². The molecule has 1 aromatic heterocycles. The first kappa shape index (κ1) is 15.8. The van der Waals surface area contributed by atoms with Crippen molar-refractivity contribution in [3.05, 3.63) is 59.9 Å². The zero-order valence-electron chi connectivity index (χ0n) is 14.5. The number of imidazole rings is 1. The fourth-order valence-corrected chi connectivity index (χ4v) is 3.69.